The summed E-state index contributed by atoms with van der Waals surface area (Å²) in [5, 5.41) is 0. The van der Waals surface area contributed by atoms with Crippen LogP contribution in [0.25, 0.3) is 0 Å². The predicted octanol–water partition coefficient (Wildman–Crippen LogP) is 2.21. The summed E-state index contributed by atoms with van der Waals surface area (Å²) in [5.41, 5.74) is -1.13. The Bertz CT molecular complexity index is 390. The molecule has 1 fully saturated rings. The number of rotatable bonds is 4. The Morgan fingerprint density at radius 2 is 1.95 bits per heavy atom. The summed E-state index contributed by atoms with van der Waals surface area (Å²) in [4.78, 5) is 25.8. The van der Waals surface area contributed by atoms with Crippen molar-refractivity contribution in [1.29, 1.82) is 0 Å². The number of nitrogens with zero attached hydrogens (tertiary/aromatic N) is 1. The molecule has 0 bridgehead atoms. The van der Waals surface area contributed by atoms with Crippen molar-refractivity contribution >= 4 is 12.1 Å². The predicted molar refractivity (Wildman–Crippen MR) is 78.0 cm³/mol. The van der Waals surface area contributed by atoms with Gasteiger partial charge in [0.15, 0.2) is 0 Å². The second-order valence-corrected chi connectivity index (χ2v) is 6.65. The molecule has 1 aliphatic heterocycles. The number of hydrogen-bond acceptors (Lipinski definition) is 5. The van der Waals surface area contributed by atoms with Crippen molar-refractivity contribution in [2.45, 2.75) is 52.2 Å². The molecule has 2 atom stereocenters. The lowest BCUT2D eigenvalue weighted by atomic mass is 9.95. The van der Waals surface area contributed by atoms with Crippen LogP contribution in [0.2, 0.25) is 0 Å². The summed E-state index contributed by atoms with van der Waals surface area (Å²) in [6, 6.07) is 0. The van der Waals surface area contributed by atoms with Crippen molar-refractivity contribution in [3.8, 4) is 0 Å². The van der Waals surface area contributed by atoms with Gasteiger partial charge in [-0.15, -0.1) is 0 Å². The first-order chi connectivity index (χ1) is 9.63. The first-order valence-electron chi connectivity index (χ1n) is 7.29. The van der Waals surface area contributed by atoms with Crippen LogP contribution in [-0.2, 0) is 19.0 Å². The molecule has 0 aromatic rings. The first-order valence-corrected chi connectivity index (χ1v) is 7.29. The normalized spacial score (nSPS) is 25.8. The Kier molecular flexibility index (Phi) is 5.61. The number of esters is 1. The number of amides is 1. The van der Waals surface area contributed by atoms with Crippen LogP contribution < -0.4 is 0 Å². The van der Waals surface area contributed by atoms with Gasteiger partial charge in [-0.05, 0) is 41.0 Å². The van der Waals surface area contributed by atoms with Crippen LogP contribution in [-0.4, -0.2) is 55.0 Å². The second kappa shape index (κ2) is 6.64. The van der Waals surface area contributed by atoms with E-state index in [-0.39, 0.29) is 11.9 Å². The molecule has 6 heteroatoms. The van der Waals surface area contributed by atoms with Gasteiger partial charge in [-0.3, -0.25) is 9.69 Å². The molecule has 1 aliphatic rings. The highest BCUT2D eigenvalue weighted by molar-refractivity contribution is 5.76. The van der Waals surface area contributed by atoms with Gasteiger partial charge in [-0.25, -0.2) is 4.79 Å². The molecule has 1 amide bonds. The van der Waals surface area contributed by atoms with Gasteiger partial charge >= 0.3 is 12.1 Å². The molecule has 0 unspecified atom stereocenters. The van der Waals surface area contributed by atoms with E-state index in [1.165, 1.54) is 7.11 Å². The topological polar surface area (TPSA) is 65.1 Å². The van der Waals surface area contributed by atoms with E-state index in [1.54, 1.807) is 4.90 Å². The molecule has 0 spiro atoms. The summed E-state index contributed by atoms with van der Waals surface area (Å²) >= 11 is 0. The number of hydrogen-bond donors (Lipinski definition) is 0. The van der Waals surface area contributed by atoms with Crippen molar-refractivity contribution in [2.75, 3.05) is 26.9 Å². The Labute approximate surface area is 126 Å². The molecule has 0 aromatic carbocycles. The van der Waals surface area contributed by atoms with Crippen molar-refractivity contribution in [1.82, 2.24) is 4.90 Å². The van der Waals surface area contributed by atoms with Crippen molar-refractivity contribution < 1.29 is 23.8 Å². The number of carbonyl (C=O) groups excluding carboxylic acids is 2. The minimum absolute atomic E-state index is 0.297. The number of carbonyl (C=O) groups is 2. The molecule has 1 rings (SSSR count). The zero-order chi connectivity index (χ0) is 16.3. The average Bonchev–Trinajstić information content (AvgIpc) is 2.72. The third kappa shape index (κ3) is 4.59. The zero-order valence-electron chi connectivity index (χ0n) is 13.9. The summed E-state index contributed by atoms with van der Waals surface area (Å²) in [6.45, 7) is 10.5. The van der Waals surface area contributed by atoms with Gasteiger partial charge < -0.3 is 14.2 Å². The van der Waals surface area contributed by atoms with E-state index >= 15 is 0 Å². The summed E-state index contributed by atoms with van der Waals surface area (Å²) in [6.07, 6.45) is 0.0925. The van der Waals surface area contributed by atoms with Crippen LogP contribution in [0.1, 0.15) is 41.0 Å². The molecule has 1 saturated heterocycles. The van der Waals surface area contributed by atoms with E-state index in [2.05, 4.69) is 0 Å². The highest BCUT2D eigenvalue weighted by Gasteiger charge is 2.48. The van der Waals surface area contributed by atoms with E-state index < -0.39 is 17.2 Å². The second-order valence-electron chi connectivity index (χ2n) is 6.65. The molecular weight excluding hydrogens is 274 g/mol. The fraction of sp³-hybridized carbons (Fsp3) is 0.867. The Morgan fingerprint density at radius 1 is 1.33 bits per heavy atom. The van der Waals surface area contributed by atoms with Gasteiger partial charge in [0.1, 0.15) is 5.60 Å². The van der Waals surface area contributed by atoms with Gasteiger partial charge in [0.05, 0.1) is 25.2 Å². The lowest BCUT2D eigenvalue weighted by molar-refractivity contribution is -0.145. The average molecular weight is 301 g/mol. The monoisotopic (exact) mass is 301 g/mol. The summed E-state index contributed by atoms with van der Waals surface area (Å²) in [5.74, 6) is -0.642. The fourth-order valence-corrected chi connectivity index (χ4v) is 2.54. The minimum Gasteiger partial charge on any atom is -0.469 e. The van der Waals surface area contributed by atoms with Crippen LogP contribution in [0, 0.1) is 5.92 Å². The molecule has 1 heterocycles. The van der Waals surface area contributed by atoms with Gasteiger partial charge in [0.2, 0.25) is 0 Å². The Hall–Kier alpha value is -1.30. The highest BCUT2D eigenvalue weighted by Crippen LogP contribution is 2.35. The largest absolute Gasteiger partial charge is 0.469 e. The molecule has 0 N–H and O–H groups in total. The van der Waals surface area contributed by atoms with E-state index in [9.17, 15) is 9.59 Å². The molecule has 0 saturated carbocycles. The van der Waals surface area contributed by atoms with Gasteiger partial charge in [-0.1, -0.05) is 0 Å². The Balaban J connectivity index is 2.90. The first kappa shape index (κ1) is 17.8. The maximum Gasteiger partial charge on any atom is 0.410 e. The number of ether oxygens (including phenoxy) is 3. The number of methoxy groups -OCH3 is 1. The summed E-state index contributed by atoms with van der Waals surface area (Å²) < 4.78 is 15.7. The van der Waals surface area contributed by atoms with Crippen LogP contribution in [0.3, 0.4) is 0 Å². The quantitative estimate of drug-likeness (QED) is 0.745. The van der Waals surface area contributed by atoms with Crippen LogP contribution in [0.4, 0.5) is 4.79 Å². The van der Waals surface area contributed by atoms with Crippen LogP contribution >= 0.6 is 0 Å². The van der Waals surface area contributed by atoms with Crippen molar-refractivity contribution in [3.63, 3.8) is 0 Å². The maximum absolute atomic E-state index is 12.4. The third-order valence-electron chi connectivity index (χ3n) is 3.51. The molecule has 0 radical (unpaired) electrons. The third-order valence-corrected chi connectivity index (χ3v) is 3.51. The lowest BCUT2D eigenvalue weighted by Gasteiger charge is -2.35. The standard InChI is InChI=1S/C15H27NO5/c1-7-20-10-15(5)8-11(12(17)19-6)9-16(15)13(18)21-14(2,3)4/h11H,7-10H2,1-6H3/t11-,15-/m0/s1. The molecule has 21 heavy (non-hydrogen) atoms. The van der Waals surface area contributed by atoms with E-state index in [0.717, 1.165) is 0 Å². The SMILES string of the molecule is CCOC[C@]1(C)C[C@H](C(=O)OC)CN1C(=O)OC(C)(C)C. The molecule has 0 aliphatic carbocycles. The molecule has 6 nitrogen and oxygen atoms in total. The summed E-state index contributed by atoms with van der Waals surface area (Å²) in [7, 11) is 1.36. The van der Waals surface area contributed by atoms with E-state index in [4.69, 9.17) is 14.2 Å². The number of likely N-dealkylation sites (tertiary alicyclic amines) is 1. The fourth-order valence-electron chi connectivity index (χ4n) is 2.54. The highest BCUT2D eigenvalue weighted by atomic mass is 16.6. The van der Waals surface area contributed by atoms with E-state index in [1.807, 2.05) is 34.6 Å². The molecule has 0 aromatic heterocycles. The van der Waals surface area contributed by atoms with Gasteiger partial charge in [0, 0.05) is 13.2 Å². The van der Waals surface area contributed by atoms with Gasteiger partial charge in [0.25, 0.3) is 0 Å². The van der Waals surface area contributed by atoms with Crippen LogP contribution in [0.15, 0.2) is 0 Å². The molecular formula is C15H27NO5. The lowest BCUT2D eigenvalue weighted by Crippen LogP contribution is -2.50. The van der Waals surface area contributed by atoms with Crippen molar-refractivity contribution in [2.24, 2.45) is 5.92 Å². The smallest absolute Gasteiger partial charge is 0.410 e. The molecule has 122 valence electrons. The maximum atomic E-state index is 12.4. The van der Waals surface area contributed by atoms with Crippen molar-refractivity contribution in [3.05, 3.63) is 0 Å². The zero-order valence-corrected chi connectivity index (χ0v) is 13.9. The van der Waals surface area contributed by atoms with Gasteiger partial charge in [-0.2, -0.15) is 0 Å². The van der Waals surface area contributed by atoms with Crippen LogP contribution in [0.5, 0.6) is 0 Å². The Morgan fingerprint density at radius 3 is 2.43 bits per heavy atom. The van der Waals surface area contributed by atoms with E-state index in [0.29, 0.717) is 26.2 Å². The minimum atomic E-state index is -0.576.